The number of carbonyl (C=O) groups is 2. The van der Waals surface area contributed by atoms with Crippen LogP contribution in [0.3, 0.4) is 0 Å². The van der Waals surface area contributed by atoms with Crippen LogP contribution in [-0.2, 0) is 4.79 Å². The average molecular weight is 294 g/mol. The number of hydrogen-bond donors (Lipinski definition) is 0. The van der Waals surface area contributed by atoms with E-state index in [0.717, 1.165) is 0 Å². The first-order valence-electron chi connectivity index (χ1n) is 7.10. The molecule has 0 aliphatic rings. The summed E-state index contributed by atoms with van der Waals surface area (Å²) < 4.78 is 5.62. The molecule has 0 aliphatic heterocycles. The minimum absolute atomic E-state index is 0.0353. The van der Waals surface area contributed by atoms with E-state index in [1.165, 1.54) is 0 Å². The number of para-hydroxylation sites is 1. The Morgan fingerprint density at radius 1 is 1.00 bits per heavy atom. The van der Waals surface area contributed by atoms with Crippen molar-refractivity contribution < 1.29 is 14.3 Å². The number of Topliss-reactive ketones (excluding diaryl/α,β-unsaturated/α-hetero) is 1. The fourth-order valence-electron chi connectivity index (χ4n) is 1.99. The second-order valence-corrected chi connectivity index (χ2v) is 4.99. The molecular weight excluding hydrogens is 276 g/mol. The first-order chi connectivity index (χ1) is 10.6. The fourth-order valence-corrected chi connectivity index (χ4v) is 1.99. The molecule has 0 amide bonds. The summed E-state index contributed by atoms with van der Waals surface area (Å²) in [6.45, 7) is 5.51. The zero-order chi connectivity index (χ0) is 15.9. The predicted molar refractivity (Wildman–Crippen MR) is 86.2 cm³/mol. The lowest BCUT2D eigenvalue weighted by Gasteiger charge is -2.10. The van der Waals surface area contributed by atoms with Crippen LogP contribution in [-0.4, -0.2) is 18.2 Å². The van der Waals surface area contributed by atoms with E-state index >= 15 is 0 Å². The molecule has 0 aliphatic carbocycles. The van der Waals surface area contributed by atoms with E-state index in [1.807, 2.05) is 18.2 Å². The highest BCUT2D eigenvalue weighted by atomic mass is 16.5. The van der Waals surface area contributed by atoms with Crippen LogP contribution in [0.5, 0.6) is 5.75 Å². The van der Waals surface area contributed by atoms with Gasteiger partial charge in [0.1, 0.15) is 5.75 Å². The molecule has 0 atom stereocenters. The molecule has 0 heterocycles. The van der Waals surface area contributed by atoms with Gasteiger partial charge in [0.25, 0.3) is 0 Å². The number of ether oxygens (including phenoxy) is 1. The van der Waals surface area contributed by atoms with Gasteiger partial charge in [0.2, 0.25) is 0 Å². The standard InChI is InChI=1S/C19H18O3/c1-14(2)17(20)12-13-22-18-11-7-6-10-16(18)19(21)15-8-4-3-5-9-15/h3-11H,1,12-13H2,2H3. The van der Waals surface area contributed by atoms with Crippen LogP contribution in [0.2, 0.25) is 0 Å². The Hall–Kier alpha value is -2.68. The van der Waals surface area contributed by atoms with E-state index < -0.39 is 0 Å². The van der Waals surface area contributed by atoms with Crippen molar-refractivity contribution in [1.29, 1.82) is 0 Å². The molecule has 2 aromatic carbocycles. The first kappa shape index (κ1) is 15.7. The molecule has 0 bridgehead atoms. The number of ketones is 2. The monoisotopic (exact) mass is 294 g/mol. The molecule has 0 spiro atoms. The maximum atomic E-state index is 12.5. The summed E-state index contributed by atoms with van der Waals surface area (Å²) in [6, 6.07) is 16.1. The van der Waals surface area contributed by atoms with Crippen LogP contribution >= 0.6 is 0 Å². The molecule has 2 rings (SSSR count). The number of carbonyl (C=O) groups excluding carboxylic acids is 2. The molecule has 112 valence electrons. The van der Waals surface area contributed by atoms with E-state index in [4.69, 9.17) is 4.74 Å². The van der Waals surface area contributed by atoms with Crippen LogP contribution in [0.15, 0.2) is 66.7 Å². The minimum Gasteiger partial charge on any atom is -0.492 e. The second kappa shape index (κ2) is 7.36. The third kappa shape index (κ3) is 3.92. The molecule has 3 heteroatoms. The molecule has 2 aromatic rings. The molecule has 0 unspecified atom stereocenters. The summed E-state index contributed by atoms with van der Waals surface area (Å²) in [5, 5.41) is 0. The number of rotatable bonds is 7. The van der Waals surface area contributed by atoms with Gasteiger partial charge in [-0.15, -0.1) is 0 Å². The summed E-state index contributed by atoms with van der Waals surface area (Å²) in [7, 11) is 0. The lowest BCUT2D eigenvalue weighted by Crippen LogP contribution is -2.09. The summed E-state index contributed by atoms with van der Waals surface area (Å²) in [5.74, 6) is 0.361. The van der Waals surface area contributed by atoms with Crippen molar-refractivity contribution in [2.75, 3.05) is 6.61 Å². The number of benzene rings is 2. The van der Waals surface area contributed by atoms with Gasteiger partial charge in [-0.3, -0.25) is 9.59 Å². The molecule has 0 radical (unpaired) electrons. The van der Waals surface area contributed by atoms with Crippen molar-refractivity contribution in [2.45, 2.75) is 13.3 Å². The van der Waals surface area contributed by atoms with Crippen LogP contribution < -0.4 is 4.74 Å². The van der Waals surface area contributed by atoms with Gasteiger partial charge in [0.15, 0.2) is 11.6 Å². The van der Waals surface area contributed by atoms with Crippen molar-refractivity contribution >= 4 is 11.6 Å². The van der Waals surface area contributed by atoms with Gasteiger partial charge in [-0.25, -0.2) is 0 Å². The Kier molecular flexibility index (Phi) is 5.26. The Morgan fingerprint density at radius 3 is 2.32 bits per heavy atom. The van der Waals surface area contributed by atoms with E-state index in [9.17, 15) is 9.59 Å². The number of allylic oxidation sites excluding steroid dienone is 1. The van der Waals surface area contributed by atoms with Crippen molar-refractivity contribution in [3.05, 3.63) is 77.9 Å². The number of hydrogen-bond acceptors (Lipinski definition) is 3. The molecule has 22 heavy (non-hydrogen) atoms. The molecule has 0 aromatic heterocycles. The summed E-state index contributed by atoms with van der Waals surface area (Å²) in [6.07, 6.45) is 0.253. The van der Waals surface area contributed by atoms with Gasteiger partial charge < -0.3 is 4.74 Å². The van der Waals surface area contributed by atoms with Crippen molar-refractivity contribution in [1.82, 2.24) is 0 Å². The quantitative estimate of drug-likeness (QED) is 0.576. The SMILES string of the molecule is C=C(C)C(=O)CCOc1ccccc1C(=O)c1ccccc1. The Bertz CT molecular complexity index is 687. The maximum absolute atomic E-state index is 12.5. The molecule has 0 fully saturated rings. The third-order valence-corrected chi connectivity index (χ3v) is 3.23. The van der Waals surface area contributed by atoms with Crippen molar-refractivity contribution in [3.63, 3.8) is 0 Å². The van der Waals surface area contributed by atoms with E-state index in [-0.39, 0.29) is 24.6 Å². The maximum Gasteiger partial charge on any atom is 0.196 e. The topological polar surface area (TPSA) is 43.4 Å². The lowest BCUT2D eigenvalue weighted by molar-refractivity contribution is -0.115. The highest BCUT2D eigenvalue weighted by Gasteiger charge is 2.14. The fraction of sp³-hybridized carbons (Fsp3) is 0.158. The summed E-state index contributed by atoms with van der Waals surface area (Å²) in [5.41, 5.74) is 1.62. The summed E-state index contributed by atoms with van der Waals surface area (Å²) >= 11 is 0. The zero-order valence-electron chi connectivity index (χ0n) is 12.5. The highest BCUT2D eigenvalue weighted by molar-refractivity contribution is 6.10. The van der Waals surface area contributed by atoms with Crippen LogP contribution in [0.4, 0.5) is 0 Å². The third-order valence-electron chi connectivity index (χ3n) is 3.23. The Balaban J connectivity index is 2.12. The molecular formula is C19H18O3. The summed E-state index contributed by atoms with van der Waals surface area (Å²) in [4.78, 5) is 24.0. The van der Waals surface area contributed by atoms with E-state index in [0.29, 0.717) is 22.4 Å². The Labute approximate surface area is 130 Å². The van der Waals surface area contributed by atoms with E-state index in [2.05, 4.69) is 6.58 Å². The Morgan fingerprint density at radius 2 is 1.64 bits per heavy atom. The smallest absolute Gasteiger partial charge is 0.196 e. The normalized spacial score (nSPS) is 10.0. The van der Waals surface area contributed by atoms with Crippen molar-refractivity contribution in [3.8, 4) is 5.75 Å². The van der Waals surface area contributed by atoms with Crippen molar-refractivity contribution in [2.24, 2.45) is 0 Å². The molecule has 0 saturated heterocycles. The highest BCUT2D eigenvalue weighted by Crippen LogP contribution is 2.21. The predicted octanol–water partition coefficient (Wildman–Crippen LogP) is 3.83. The van der Waals surface area contributed by atoms with Crippen LogP contribution in [0.1, 0.15) is 29.3 Å². The zero-order valence-corrected chi connectivity index (χ0v) is 12.5. The van der Waals surface area contributed by atoms with E-state index in [1.54, 1.807) is 43.3 Å². The largest absolute Gasteiger partial charge is 0.492 e. The molecule has 0 saturated carbocycles. The van der Waals surface area contributed by atoms with Gasteiger partial charge in [-0.05, 0) is 24.6 Å². The first-order valence-corrected chi connectivity index (χ1v) is 7.10. The van der Waals surface area contributed by atoms with Gasteiger partial charge in [-0.1, -0.05) is 49.0 Å². The lowest BCUT2D eigenvalue weighted by atomic mass is 10.0. The minimum atomic E-state index is -0.0950. The second-order valence-electron chi connectivity index (χ2n) is 4.99. The average Bonchev–Trinajstić information content (AvgIpc) is 2.55. The molecule has 0 N–H and O–H groups in total. The molecule has 3 nitrogen and oxygen atoms in total. The van der Waals surface area contributed by atoms with Gasteiger partial charge in [0, 0.05) is 12.0 Å². The van der Waals surface area contributed by atoms with Crippen LogP contribution in [0.25, 0.3) is 0 Å². The van der Waals surface area contributed by atoms with Gasteiger partial charge in [-0.2, -0.15) is 0 Å². The van der Waals surface area contributed by atoms with Gasteiger partial charge >= 0.3 is 0 Å². The van der Waals surface area contributed by atoms with Crippen LogP contribution in [0, 0.1) is 0 Å². The van der Waals surface area contributed by atoms with Gasteiger partial charge in [0.05, 0.1) is 12.2 Å².